The van der Waals surface area contributed by atoms with Gasteiger partial charge >= 0.3 is 0 Å². The molecule has 2 heteroatoms. The maximum atomic E-state index is 11.8. The van der Waals surface area contributed by atoms with Crippen LogP contribution in [-0.2, 0) is 0 Å². The molecule has 0 bridgehead atoms. The predicted octanol–water partition coefficient (Wildman–Crippen LogP) is 2.13. The Balaban J connectivity index is 2.28. The Morgan fingerprint density at radius 3 is 2.14 bits per heavy atom. The molecule has 1 rings (SSSR count). The SMILES string of the molecule is FCC1(CBr)CC1. The van der Waals surface area contributed by atoms with E-state index in [9.17, 15) is 4.39 Å². The lowest BCUT2D eigenvalue weighted by atomic mass is 10.2. The summed E-state index contributed by atoms with van der Waals surface area (Å²) in [6, 6.07) is 0. The summed E-state index contributed by atoms with van der Waals surface area (Å²) in [6.45, 7) is -0.141. The lowest BCUT2D eigenvalue weighted by Gasteiger charge is -2.00. The van der Waals surface area contributed by atoms with E-state index in [0.717, 1.165) is 18.2 Å². The number of hydrogen-bond donors (Lipinski definition) is 0. The summed E-state index contributed by atoms with van der Waals surface area (Å²) in [7, 11) is 0. The van der Waals surface area contributed by atoms with Crippen molar-refractivity contribution in [3.8, 4) is 0 Å². The summed E-state index contributed by atoms with van der Waals surface area (Å²) in [6.07, 6.45) is 2.16. The zero-order valence-electron chi connectivity index (χ0n) is 4.08. The first-order valence-corrected chi connectivity index (χ1v) is 3.57. The molecule has 0 radical (unpaired) electrons. The van der Waals surface area contributed by atoms with Gasteiger partial charge in [0.25, 0.3) is 0 Å². The Hall–Kier alpha value is 0.410. The van der Waals surface area contributed by atoms with Crippen LogP contribution in [0, 0.1) is 5.41 Å². The molecule has 0 atom stereocenters. The quantitative estimate of drug-likeness (QED) is 0.552. The molecule has 1 fully saturated rings. The van der Waals surface area contributed by atoms with Crippen molar-refractivity contribution < 1.29 is 4.39 Å². The van der Waals surface area contributed by atoms with Crippen molar-refractivity contribution in [3.05, 3.63) is 0 Å². The van der Waals surface area contributed by atoms with Gasteiger partial charge in [-0.05, 0) is 12.8 Å². The van der Waals surface area contributed by atoms with E-state index in [0.29, 0.717) is 0 Å². The van der Waals surface area contributed by atoms with Crippen LogP contribution in [0.3, 0.4) is 0 Å². The molecule has 0 aliphatic heterocycles. The minimum Gasteiger partial charge on any atom is -0.250 e. The minimum absolute atomic E-state index is 0.0833. The van der Waals surface area contributed by atoms with Crippen molar-refractivity contribution in [2.24, 2.45) is 5.41 Å². The first-order chi connectivity index (χ1) is 3.33. The molecular weight excluding hydrogens is 159 g/mol. The summed E-state index contributed by atoms with van der Waals surface area (Å²) >= 11 is 3.25. The highest BCUT2D eigenvalue weighted by molar-refractivity contribution is 9.09. The predicted molar refractivity (Wildman–Crippen MR) is 31.4 cm³/mol. The molecule has 0 N–H and O–H groups in total. The van der Waals surface area contributed by atoms with Crippen molar-refractivity contribution in [1.29, 1.82) is 0 Å². The van der Waals surface area contributed by atoms with Gasteiger partial charge in [0, 0.05) is 10.7 Å². The zero-order chi connectivity index (χ0) is 5.33. The van der Waals surface area contributed by atoms with Gasteiger partial charge in [0.2, 0.25) is 0 Å². The second-order valence-electron chi connectivity index (χ2n) is 2.27. The van der Waals surface area contributed by atoms with Gasteiger partial charge in [-0.25, -0.2) is 0 Å². The molecule has 7 heavy (non-hydrogen) atoms. The van der Waals surface area contributed by atoms with Gasteiger partial charge < -0.3 is 0 Å². The lowest BCUT2D eigenvalue weighted by Crippen LogP contribution is -2.02. The fourth-order valence-corrected chi connectivity index (χ4v) is 1.19. The smallest absolute Gasteiger partial charge is 0.0958 e. The van der Waals surface area contributed by atoms with Crippen molar-refractivity contribution >= 4 is 15.9 Å². The highest BCUT2D eigenvalue weighted by Gasteiger charge is 2.41. The fraction of sp³-hybridized carbons (Fsp3) is 1.00. The second-order valence-corrected chi connectivity index (χ2v) is 2.83. The second kappa shape index (κ2) is 1.73. The average molecular weight is 167 g/mol. The molecular formula is C5H8BrF. The van der Waals surface area contributed by atoms with Gasteiger partial charge in [0.15, 0.2) is 0 Å². The number of rotatable bonds is 2. The zero-order valence-corrected chi connectivity index (χ0v) is 5.67. The standard InChI is InChI=1S/C5H8BrF/c6-3-5(4-7)1-2-5/h1-4H2. The molecule has 1 aliphatic rings. The summed E-state index contributed by atoms with van der Waals surface area (Å²) in [5.74, 6) is 0. The number of hydrogen-bond acceptors (Lipinski definition) is 0. The Morgan fingerprint density at radius 1 is 1.57 bits per heavy atom. The van der Waals surface area contributed by atoms with Crippen LogP contribution in [0.25, 0.3) is 0 Å². The molecule has 1 aliphatic carbocycles. The topological polar surface area (TPSA) is 0 Å². The van der Waals surface area contributed by atoms with Gasteiger partial charge in [0.1, 0.15) is 0 Å². The third kappa shape index (κ3) is 0.958. The van der Waals surface area contributed by atoms with Gasteiger partial charge in [0.05, 0.1) is 6.67 Å². The molecule has 1 saturated carbocycles. The molecule has 0 aromatic heterocycles. The summed E-state index contributed by atoms with van der Waals surface area (Å²) < 4.78 is 11.8. The van der Waals surface area contributed by atoms with Crippen LogP contribution in [-0.4, -0.2) is 12.0 Å². The largest absolute Gasteiger partial charge is 0.250 e. The van der Waals surface area contributed by atoms with E-state index < -0.39 is 0 Å². The number of halogens is 2. The van der Waals surface area contributed by atoms with E-state index in [-0.39, 0.29) is 12.1 Å². The van der Waals surface area contributed by atoms with Crippen LogP contribution in [0.4, 0.5) is 4.39 Å². The van der Waals surface area contributed by atoms with Crippen LogP contribution in [0.2, 0.25) is 0 Å². The van der Waals surface area contributed by atoms with Gasteiger partial charge in [-0.15, -0.1) is 0 Å². The van der Waals surface area contributed by atoms with Crippen molar-refractivity contribution in [1.82, 2.24) is 0 Å². The average Bonchev–Trinajstić information content (AvgIpc) is 2.46. The van der Waals surface area contributed by atoms with Crippen LogP contribution < -0.4 is 0 Å². The van der Waals surface area contributed by atoms with Crippen molar-refractivity contribution in [2.75, 3.05) is 12.0 Å². The minimum atomic E-state index is -0.141. The maximum absolute atomic E-state index is 11.8. The molecule has 0 aromatic rings. The fourth-order valence-electron chi connectivity index (χ4n) is 0.480. The number of alkyl halides is 2. The van der Waals surface area contributed by atoms with Crippen molar-refractivity contribution in [2.45, 2.75) is 12.8 Å². The first kappa shape index (κ1) is 5.54. The van der Waals surface area contributed by atoms with E-state index in [1.54, 1.807) is 0 Å². The molecule has 42 valence electrons. The van der Waals surface area contributed by atoms with Gasteiger partial charge in [-0.2, -0.15) is 0 Å². The Labute approximate surface area is 51.2 Å². The Morgan fingerprint density at radius 2 is 2.14 bits per heavy atom. The Kier molecular flexibility index (Phi) is 1.37. The molecule has 0 saturated heterocycles. The molecule has 0 nitrogen and oxygen atoms in total. The highest BCUT2D eigenvalue weighted by Crippen LogP contribution is 2.47. The van der Waals surface area contributed by atoms with E-state index in [1.807, 2.05) is 0 Å². The normalized spacial score (nSPS) is 24.9. The van der Waals surface area contributed by atoms with Gasteiger partial charge in [-0.1, -0.05) is 15.9 Å². The molecule has 0 aromatic carbocycles. The third-order valence-corrected chi connectivity index (χ3v) is 2.71. The van der Waals surface area contributed by atoms with Crippen LogP contribution >= 0.6 is 15.9 Å². The lowest BCUT2D eigenvalue weighted by molar-refractivity contribution is 0.373. The third-order valence-electron chi connectivity index (χ3n) is 1.52. The van der Waals surface area contributed by atoms with E-state index >= 15 is 0 Å². The monoisotopic (exact) mass is 166 g/mol. The first-order valence-electron chi connectivity index (χ1n) is 2.45. The van der Waals surface area contributed by atoms with Crippen LogP contribution in [0.15, 0.2) is 0 Å². The Bertz CT molecular complexity index is 62.5. The van der Waals surface area contributed by atoms with E-state index in [4.69, 9.17) is 0 Å². The molecule has 0 heterocycles. The molecule has 0 unspecified atom stereocenters. The maximum Gasteiger partial charge on any atom is 0.0958 e. The summed E-state index contributed by atoms with van der Waals surface area (Å²) in [4.78, 5) is 0. The summed E-state index contributed by atoms with van der Waals surface area (Å²) in [5, 5.41) is 0.844. The van der Waals surface area contributed by atoms with E-state index in [1.165, 1.54) is 0 Å². The van der Waals surface area contributed by atoms with Gasteiger partial charge in [-0.3, -0.25) is 4.39 Å². The molecule has 0 amide bonds. The van der Waals surface area contributed by atoms with Crippen molar-refractivity contribution in [3.63, 3.8) is 0 Å². The summed E-state index contributed by atoms with van der Waals surface area (Å²) in [5.41, 5.74) is 0.0833. The van der Waals surface area contributed by atoms with E-state index in [2.05, 4.69) is 15.9 Å². The van der Waals surface area contributed by atoms with Crippen LogP contribution in [0.1, 0.15) is 12.8 Å². The highest BCUT2D eigenvalue weighted by atomic mass is 79.9. The molecule has 0 spiro atoms. The van der Waals surface area contributed by atoms with Crippen LogP contribution in [0.5, 0.6) is 0 Å².